The van der Waals surface area contributed by atoms with Crippen molar-refractivity contribution in [3.8, 4) is 5.88 Å². The molecular weight excluding hydrogens is 205 g/mol. The number of carbonyl (C=O) groups is 1. The summed E-state index contributed by atoms with van der Waals surface area (Å²) in [5, 5.41) is 13.0. The molecule has 0 radical (unpaired) electrons. The van der Waals surface area contributed by atoms with Gasteiger partial charge in [0.1, 0.15) is 5.56 Å². The van der Waals surface area contributed by atoms with Crippen LogP contribution in [0.2, 0.25) is 0 Å². The van der Waals surface area contributed by atoms with Gasteiger partial charge >= 0.3 is 5.97 Å². The Hall–Kier alpha value is -1.68. The fourth-order valence-corrected chi connectivity index (χ4v) is 1.19. The minimum absolute atomic E-state index is 0.171. The molecule has 0 saturated heterocycles. The molecule has 6 nitrogen and oxygen atoms in total. The van der Waals surface area contributed by atoms with Crippen molar-refractivity contribution in [3.05, 3.63) is 24.0 Å². The van der Waals surface area contributed by atoms with E-state index < -0.39 is 5.97 Å². The van der Waals surface area contributed by atoms with Gasteiger partial charge < -0.3 is 9.63 Å². The lowest BCUT2D eigenvalue weighted by Gasteiger charge is -1.96. The van der Waals surface area contributed by atoms with Crippen LogP contribution in [0, 0.1) is 0 Å². The van der Waals surface area contributed by atoms with Crippen molar-refractivity contribution in [2.75, 3.05) is 0 Å². The molecule has 2 rings (SSSR count). The third-order valence-corrected chi connectivity index (χ3v) is 1.90. The first-order valence-corrected chi connectivity index (χ1v) is 4.14. The molecule has 1 unspecified atom stereocenters. The lowest BCUT2D eigenvalue weighted by atomic mass is 10.3. The zero-order valence-corrected chi connectivity index (χ0v) is 8.07. The third-order valence-electron chi connectivity index (χ3n) is 1.68. The summed E-state index contributed by atoms with van der Waals surface area (Å²) in [5.41, 5.74) is 0.466. The maximum absolute atomic E-state index is 11.2. The highest BCUT2D eigenvalue weighted by Crippen LogP contribution is 2.13. The largest absolute Gasteiger partial charge is 0.493 e. The molecule has 1 atom stereocenters. The van der Waals surface area contributed by atoms with E-state index in [1.807, 2.05) is 9.47 Å². The first kappa shape index (κ1) is 8.90. The highest BCUT2D eigenvalue weighted by Gasteiger charge is 2.14. The summed E-state index contributed by atoms with van der Waals surface area (Å²) < 4.78 is 5.82. The van der Waals surface area contributed by atoms with Gasteiger partial charge in [0.25, 0.3) is 0 Å². The number of nitrogens with zero attached hydrogens (tertiary/aromatic N) is 3. The molecule has 0 saturated carbocycles. The van der Waals surface area contributed by atoms with Gasteiger partial charge in [0, 0.05) is 12.3 Å². The van der Waals surface area contributed by atoms with Gasteiger partial charge in [-0.15, -0.1) is 0 Å². The molecule has 0 aliphatic carbocycles. The van der Waals surface area contributed by atoms with Crippen molar-refractivity contribution < 1.29 is 14.4 Å². The summed E-state index contributed by atoms with van der Waals surface area (Å²) in [5.74, 6) is -0.737. The number of aromatic hydroxyl groups is 1. The fourth-order valence-electron chi connectivity index (χ4n) is 1.07. The van der Waals surface area contributed by atoms with E-state index in [0.717, 1.165) is 0 Å². The third kappa shape index (κ3) is 1.29. The van der Waals surface area contributed by atoms with Crippen LogP contribution in [0.25, 0.3) is 5.65 Å². The average molecular weight is 211 g/mol. The van der Waals surface area contributed by atoms with Gasteiger partial charge in [-0.2, -0.15) is 10.1 Å². The van der Waals surface area contributed by atoms with Gasteiger partial charge in [0.2, 0.25) is 5.88 Å². The van der Waals surface area contributed by atoms with Crippen LogP contribution >= 0.6 is 9.47 Å². The number of hydrogen-bond donors (Lipinski definition) is 1. The second-order valence-corrected chi connectivity index (χ2v) is 2.75. The van der Waals surface area contributed by atoms with Crippen molar-refractivity contribution in [1.82, 2.24) is 14.6 Å². The molecule has 0 bridgehead atoms. The average Bonchev–Trinajstić information content (AvgIpc) is 2.59. The van der Waals surface area contributed by atoms with E-state index in [2.05, 4.69) is 14.6 Å². The smallest absolute Gasteiger partial charge is 0.345 e. The Morgan fingerprint density at radius 1 is 1.64 bits per heavy atom. The molecule has 2 heterocycles. The molecule has 1 N–H and O–H groups in total. The fraction of sp³-hybridized carbons (Fsp3) is 0. The number of aromatic nitrogens is 3. The summed E-state index contributed by atoms with van der Waals surface area (Å²) in [7, 11) is 1.85. The van der Waals surface area contributed by atoms with E-state index in [0.29, 0.717) is 0 Å². The normalized spacial score (nSPS) is 10.4. The monoisotopic (exact) mass is 211 g/mol. The van der Waals surface area contributed by atoms with Crippen molar-refractivity contribution in [2.24, 2.45) is 0 Å². The predicted octanol–water partition coefficient (Wildman–Crippen LogP) is 0.382. The van der Waals surface area contributed by atoms with Crippen LogP contribution in [0.4, 0.5) is 0 Å². The number of carbonyl (C=O) groups excluding carboxylic acids is 1. The zero-order chi connectivity index (χ0) is 10.1. The summed E-state index contributed by atoms with van der Waals surface area (Å²) in [6, 6.07) is 1.37. The Kier molecular flexibility index (Phi) is 2.05. The van der Waals surface area contributed by atoms with Crippen LogP contribution in [0.15, 0.2) is 18.5 Å². The molecular formula is C7H6N3O3P. The Balaban J connectivity index is 2.67. The van der Waals surface area contributed by atoms with Gasteiger partial charge in [-0.25, -0.2) is 9.31 Å². The van der Waals surface area contributed by atoms with Gasteiger partial charge in [-0.3, -0.25) is 0 Å². The van der Waals surface area contributed by atoms with Gasteiger partial charge in [0.05, 0.1) is 15.7 Å². The van der Waals surface area contributed by atoms with E-state index in [1.165, 1.54) is 23.0 Å². The van der Waals surface area contributed by atoms with E-state index in [-0.39, 0.29) is 17.1 Å². The molecule has 72 valence electrons. The van der Waals surface area contributed by atoms with E-state index in [1.54, 1.807) is 0 Å². The predicted molar refractivity (Wildman–Crippen MR) is 49.8 cm³/mol. The van der Waals surface area contributed by atoms with Crippen LogP contribution in [0.3, 0.4) is 0 Å². The summed E-state index contributed by atoms with van der Waals surface area (Å²) in [4.78, 5) is 14.9. The molecule has 2 aromatic rings. The Labute approximate surface area is 80.8 Å². The molecule has 0 amide bonds. The topological polar surface area (TPSA) is 76.7 Å². The maximum atomic E-state index is 11.2. The summed E-state index contributed by atoms with van der Waals surface area (Å²) >= 11 is 0. The van der Waals surface area contributed by atoms with E-state index in [9.17, 15) is 4.79 Å². The molecule has 0 spiro atoms. The number of rotatable bonds is 1. The van der Waals surface area contributed by atoms with Crippen molar-refractivity contribution >= 4 is 21.1 Å². The second-order valence-electron chi connectivity index (χ2n) is 2.52. The van der Waals surface area contributed by atoms with E-state index in [4.69, 9.17) is 5.11 Å². The molecule has 2 aromatic heterocycles. The van der Waals surface area contributed by atoms with Crippen LogP contribution in [0.5, 0.6) is 5.88 Å². The first-order valence-electron chi connectivity index (χ1n) is 3.67. The zero-order valence-electron chi connectivity index (χ0n) is 6.91. The van der Waals surface area contributed by atoms with Crippen molar-refractivity contribution in [2.45, 2.75) is 0 Å². The van der Waals surface area contributed by atoms with Crippen LogP contribution in [-0.4, -0.2) is 25.7 Å². The van der Waals surface area contributed by atoms with E-state index >= 15 is 0 Å². The maximum Gasteiger partial charge on any atom is 0.345 e. The Morgan fingerprint density at radius 3 is 3.14 bits per heavy atom. The van der Waals surface area contributed by atoms with Crippen LogP contribution in [0.1, 0.15) is 10.4 Å². The Bertz CT molecular complexity index is 496. The number of hydrogen-bond acceptors (Lipinski definition) is 5. The van der Waals surface area contributed by atoms with Crippen molar-refractivity contribution in [1.29, 1.82) is 0 Å². The van der Waals surface area contributed by atoms with Crippen molar-refractivity contribution in [3.63, 3.8) is 0 Å². The standard InChI is InChI=1S/C7H6N3O3P/c11-5-1-2-10-6(9-5)4(3-8-10)7(12)13-14/h1-3H,14H2,(H,9,11). The summed E-state index contributed by atoms with van der Waals surface area (Å²) in [6.45, 7) is 0. The quantitative estimate of drug-likeness (QED) is 0.690. The lowest BCUT2D eigenvalue weighted by Crippen LogP contribution is -1.98. The van der Waals surface area contributed by atoms with Crippen LogP contribution in [-0.2, 0) is 4.52 Å². The van der Waals surface area contributed by atoms with Gasteiger partial charge in [-0.1, -0.05) is 0 Å². The molecule has 0 aliphatic rings. The highest BCUT2D eigenvalue weighted by molar-refractivity contribution is 7.10. The Morgan fingerprint density at radius 2 is 2.43 bits per heavy atom. The molecule has 0 aliphatic heterocycles. The SMILES string of the molecule is O=C(OP)c1cnn2ccc(O)nc12. The lowest BCUT2D eigenvalue weighted by molar-refractivity contribution is 0.0767. The molecule has 0 fully saturated rings. The van der Waals surface area contributed by atoms with Crippen LogP contribution < -0.4 is 0 Å². The molecule has 7 heteroatoms. The molecule has 0 aromatic carbocycles. The first-order chi connectivity index (χ1) is 6.72. The second kappa shape index (κ2) is 3.23. The minimum Gasteiger partial charge on any atom is -0.493 e. The molecule has 14 heavy (non-hydrogen) atoms. The van der Waals surface area contributed by atoms with Gasteiger partial charge in [0.15, 0.2) is 5.65 Å². The van der Waals surface area contributed by atoms with Gasteiger partial charge in [-0.05, 0) is 0 Å². The highest BCUT2D eigenvalue weighted by atomic mass is 31.0. The minimum atomic E-state index is -0.567. The number of fused-ring (bicyclic) bond motifs is 1. The summed E-state index contributed by atoms with van der Waals surface area (Å²) in [6.07, 6.45) is 2.82.